The van der Waals surface area contributed by atoms with Crippen LogP contribution in [0.15, 0.2) is 10.7 Å². The van der Waals surface area contributed by atoms with Gasteiger partial charge in [-0.1, -0.05) is 15.9 Å². The molecule has 1 aromatic rings. The normalized spacial score (nSPS) is 11.0. The van der Waals surface area contributed by atoms with Crippen LogP contribution in [-0.2, 0) is 11.9 Å². The first-order valence-corrected chi connectivity index (χ1v) is 5.64. The van der Waals surface area contributed by atoms with Crippen LogP contribution in [0.2, 0.25) is 0 Å². The lowest BCUT2D eigenvalue weighted by Crippen LogP contribution is -2.00. The van der Waals surface area contributed by atoms with E-state index in [2.05, 4.69) is 36.8 Å². The topological polar surface area (TPSA) is 33.1 Å². The zero-order chi connectivity index (χ0) is 10.7. The van der Waals surface area contributed by atoms with Gasteiger partial charge in [0.1, 0.15) is 10.3 Å². The Morgan fingerprint density at radius 3 is 2.57 bits per heavy atom. The van der Waals surface area contributed by atoms with Crippen molar-refractivity contribution in [3.8, 4) is 0 Å². The third kappa shape index (κ3) is 2.49. The molecule has 1 heterocycles. The molecule has 0 aliphatic carbocycles. The Bertz CT molecular complexity index is 333. The largest absolute Gasteiger partial charge is 0.392 e. The fourth-order valence-corrected chi connectivity index (χ4v) is 2.61. The molecule has 0 saturated heterocycles. The molecule has 0 saturated carbocycles. The van der Waals surface area contributed by atoms with Crippen molar-refractivity contribution >= 4 is 31.9 Å². The molecule has 2 nitrogen and oxygen atoms in total. The van der Waals surface area contributed by atoms with Crippen molar-refractivity contribution in [2.24, 2.45) is 0 Å². The molecule has 6 heteroatoms. The minimum absolute atomic E-state index is 0.276. The van der Waals surface area contributed by atoms with Gasteiger partial charge in [0.15, 0.2) is 0 Å². The average molecular weight is 331 g/mol. The van der Waals surface area contributed by atoms with Crippen LogP contribution in [0.1, 0.15) is 23.2 Å². The maximum absolute atomic E-state index is 12.3. The summed E-state index contributed by atoms with van der Waals surface area (Å²) in [6.45, 7) is -0.276. The molecule has 1 aromatic heterocycles. The van der Waals surface area contributed by atoms with Crippen LogP contribution in [0.3, 0.4) is 0 Å². The Morgan fingerprint density at radius 1 is 1.50 bits per heavy atom. The van der Waals surface area contributed by atoms with E-state index in [1.165, 1.54) is 6.07 Å². The SMILES string of the molecule is OCc1cc(C(F)F)nc(Br)c1CBr. The second kappa shape index (κ2) is 5.14. The van der Waals surface area contributed by atoms with Crippen LogP contribution in [0, 0.1) is 0 Å². The lowest BCUT2D eigenvalue weighted by Gasteiger charge is -2.09. The third-order valence-electron chi connectivity index (χ3n) is 1.71. The maximum atomic E-state index is 12.3. The fourth-order valence-electron chi connectivity index (χ4n) is 1.01. The second-order valence-corrected chi connectivity index (χ2v) is 3.88. The summed E-state index contributed by atoms with van der Waals surface area (Å²) in [6.07, 6.45) is -2.62. The summed E-state index contributed by atoms with van der Waals surface area (Å²) in [6, 6.07) is 1.21. The van der Waals surface area contributed by atoms with Crippen LogP contribution in [0.5, 0.6) is 0 Å². The van der Waals surface area contributed by atoms with E-state index >= 15 is 0 Å². The highest BCUT2D eigenvalue weighted by atomic mass is 79.9. The summed E-state index contributed by atoms with van der Waals surface area (Å²) in [4.78, 5) is 3.68. The van der Waals surface area contributed by atoms with Crippen LogP contribution < -0.4 is 0 Å². The lowest BCUT2D eigenvalue weighted by atomic mass is 10.1. The van der Waals surface area contributed by atoms with Gasteiger partial charge in [0.25, 0.3) is 6.43 Å². The molecule has 0 amide bonds. The van der Waals surface area contributed by atoms with Crippen molar-refractivity contribution in [1.29, 1.82) is 0 Å². The molecular formula is C8H7Br2F2NO. The predicted molar refractivity (Wildman–Crippen MR) is 55.4 cm³/mol. The minimum atomic E-state index is -2.62. The number of alkyl halides is 3. The molecule has 1 rings (SSSR count). The van der Waals surface area contributed by atoms with Gasteiger partial charge in [-0.15, -0.1) is 0 Å². The molecule has 14 heavy (non-hydrogen) atoms. The average Bonchev–Trinajstić information content (AvgIpc) is 2.16. The van der Waals surface area contributed by atoms with Gasteiger partial charge < -0.3 is 5.11 Å². The summed E-state index contributed by atoms with van der Waals surface area (Å²) in [5.74, 6) is 0. The summed E-state index contributed by atoms with van der Waals surface area (Å²) in [5, 5.41) is 9.42. The molecule has 1 N–H and O–H groups in total. The highest BCUT2D eigenvalue weighted by molar-refractivity contribution is 9.10. The molecule has 0 radical (unpaired) electrons. The Labute approximate surface area is 96.6 Å². The number of nitrogens with zero attached hydrogens (tertiary/aromatic N) is 1. The van der Waals surface area contributed by atoms with Gasteiger partial charge in [0.05, 0.1) is 6.61 Å². The molecule has 0 bridgehead atoms. The smallest absolute Gasteiger partial charge is 0.280 e. The number of aliphatic hydroxyl groups excluding tert-OH is 1. The molecular weight excluding hydrogens is 324 g/mol. The van der Waals surface area contributed by atoms with E-state index < -0.39 is 6.43 Å². The predicted octanol–water partition coefficient (Wildman–Crippen LogP) is 3.17. The summed E-state index contributed by atoms with van der Waals surface area (Å²) in [7, 11) is 0. The van der Waals surface area contributed by atoms with Gasteiger partial charge >= 0.3 is 0 Å². The molecule has 0 aromatic carbocycles. The highest BCUT2D eigenvalue weighted by Gasteiger charge is 2.14. The van der Waals surface area contributed by atoms with Crippen molar-refractivity contribution < 1.29 is 13.9 Å². The first kappa shape index (κ1) is 12.0. The number of pyridine rings is 1. The van der Waals surface area contributed by atoms with Gasteiger partial charge in [-0.25, -0.2) is 13.8 Å². The molecule has 78 valence electrons. The lowest BCUT2D eigenvalue weighted by molar-refractivity contribution is 0.145. The number of hydrogen-bond donors (Lipinski definition) is 1. The number of rotatable bonds is 3. The van der Waals surface area contributed by atoms with Crippen molar-refractivity contribution in [3.63, 3.8) is 0 Å². The molecule has 0 spiro atoms. The van der Waals surface area contributed by atoms with E-state index in [0.717, 1.165) is 0 Å². The zero-order valence-electron chi connectivity index (χ0n) is 6.98. The standard InChI is InChI=1S/C8H7Br2F2NO/c9-2-5-4(3-14)1-6(8(11)12)13-7(5)10/h1,8,14H,2-3H2. The van der Waals surface area contributed by atoms with E-state index in [0.29, 0.717) is 21.1 Å². The quantitative estimate of drug-likeness (QED) is 0.682. The molecule has 0 aliphatic rings. The van der Waals surface area contributed by atoms with E-state index in [-0.39, 0.29) is 12.3 Å². The number of aliphatic hydroxyl groups is 1. The first-order chi connectivity index (χ1) is 6.60. The van der Waals surface area contributed by atoms with Gasteiger partial charge in [-0.05, 0) is 27.6 Å². The van der Waals surface area contributed by atoms with E-state index in [1.54, 1.807) is 0 Å². The van der Waals surface area contributed by atoms with Gasteiger partial charge in [0.2, 0.25) is 0 Å². The van der Waals surface area contributed by atoms with E-state index in [4.69, 9.17) is 5.11 Å². The van der Waals surface area contributed by atoms with Crippen molar-refractivity contribution in [3.05, 3.63) is 27.5 Å². The summed E-state index contributed by atoms with van der Waals surface area (Å²) < 4.78 is 25.0. The Morgan fingerprint density at radius 2 is 2.14 bits per heavy atom. The number of halogens is 4. The summed E-state index contributed by atoms with van der Waals surface area (Å²) in [5.41, 5.74) is 0.821. The van der Waals surface area contributed by atoms with Crippen LogP contribution in [0.25, 0.3) is 0 Å². The highest BCUT2D eigenvalue weighted by Crippen LogP contribution is 2.26. The monoisotopic (exact) mass is 329 g/mol. The Balaban J connectivity index is 3.24. The Hall–Kier alpha value is -0.0700. The van der Waals surface area contributed by atoms with Crippen molar-refractivity contribution in [2.45, 2.75) is 18.4 Å². The van der Waals surface area contributed by atoms with Crippen molar-refractivity contribution in [1.82, 2.24) is 4.98 Å². The molecule has 0 unspecified atom stereocenters. The van der Waals surface area contributed by atoms with Crippen LogP contribution in [0.4, 0.5) is 8.78 Å². The molecule has 0 atom stereocenters. The van der Waals surface area contributed by atoms with Gasteiger partial charge in [-0.3, -0.25) is 0 Å². The van der Waals surface area contributed by atoms with Crippen LogP contribution >= 0.6 is 31.9 Å². The fraction of sp³-hybridized carbons (Fsp3) is 0.375. The van der Waals surface area contributed by atoms with Gasteiger partial charge in [0, 0.05) is 10.9 Å². The van der Waals surface area contributed by atoms with Gasteiger partial charge in [-0.2, -0.15) is 0 Å². The maximum Gasteiger partial charge on any atom is 0.280 e. The van der Waals surface area contributed by atoms with Crippen molar-refractivity contribution in [2.75, 3.05) is 0 Å². The third-order valence-corrected chi connectivity index (χ3v) is 2.93. The molecule has 0 fully saturated rings. The summed E-state index contributed by atoms with van der Waals surface area (Å²) >= 11 is 6.27. The van der Waals surface area contributed by atoms with E-state index in [1.807, 2.05) is 0 Å². The minimum Gasteiger partial charge on any atom is -0.392 e. The Kier molecular flexibility index (Phi) is 4.40. The first-order valence-electron chi connectivity index (χ1n) is 3.73. The second-order valence-electron chi connectivity index (χ2n) is 2.57. The molecule has 0 aliphatic heterocycles. The van der Waals surface area contributed by atoms with E-state index in [9.17, 15) is 8.78 Å². The van der Waals surface area contributed by atoms with Crippen LogP contribution in [-0.4, -0.2) is 10.1 Å². The number of aromatic nitrogens is 1. The zero-order valence-corrected chi connectivity index (χ0v) is 10.1. The number of hydrogen-bond acceptors (Lipinski definition) is 2.